The smallest absolute Gasteiger partial charge is 0.0700 e. The Morgan fingerprint density at radius 2 is 1.80 bits per heavy atom. The zero-order valence-electron chi connectivity index (χ0n) is 12.9. The number of hydrogen-bond acceptors (Lipinski definition) is 4. The molecular weight excluding hydrogens is 254 g/mol. The number of aliphatic hydroxyl groups is 1. The molecule has 0 radical (unpaired) electrons. The lowest BCUT2D eigenvalue weighted by molar-refractivity contribution is -0.0186. The molecule has 4 heteroatoms. The second-order valence-electron chi connectivity index (χ2n) is 6.22. The normalized spacial score (nSPS) is 32.4. The molecule has 1 heterocycles. The van der Waals surface area contributed by atoms with E-state index in [0.29, 0.717) is 25.2 Å². The monoisotopic (exact) mass is 285 g/mol. The predicted octanol–water partition coefficient (Wildman–Crippen LogP) is 2.06. The lowest BCUT2D eigenvalue weighted by atomic mass is 9.78. The second-order valence-corrected chi connectivity index (χ2v) is 6.22. The van der Waals surface area contributed by atoms with Gasteiger partial charge in [-0.25, -0.2) is 0 Å². The van der Waals surface area contributed by atoms with Gasteiger partial charge in [-0.05, 0) is 32.2 Å². The molecule has 1 saturated carbocycles. The molecule has 20 heavy (non-hydrogen) atoms. The quantitative estimate of drug-likeness (QED) is 0.727. The topological polar surface area (TPSA) is 41.9 Å². The molecule has 3 unspecified atom stereocenters. The standard InChI is InChI=1S/C16H31NO3/c1-19-12-13-20-11-10-17-9-5-4-7-15(17)14-6-2-3-8-16(14)18/h14-16,18H,2-13H2,1H3. The summed E-state index contributed by atoms with van der Waals surface area (Å²) in [5.74, 6) is 0.489. The van der Waals surface area contributed by atoms with Gasteiger partial charge in [0.05, 0.1) is 25.9 Å². The maximum Gasteiger partial charge on any atom is 0.0700 e. The lowest BCUT2D eigenvalue weighted by Crippen LogP contribution is -2.49. The van der Waals surface area contributed by atoms with Crippen LogP contribution in [0, 0.1) is 5.92 Å². The van der Waals surface area contributed by atoms with Crippen LogP contribution in [0.5, 0.6) is 0 Å². The summed E-state index contributed by atoms with van der Waals surface area (Å²) in [7, 11) is 1.70. The van der Waals surface area contributed by atoms with Gasteiger partial charge < -0.3 is 14.6 Å². The first-order valence-electron chi connectivity index (χ1n) is 8.31. The summed E-state index contributed by atoms with van der Waals surface area (Å²) in [6.45, 7) is 4.30. The van der Waals surface area contributed by atoms with Crippen molar-refractivity contribution in [2.45, 2.75) is 57.1 Å². The van der Waals surface area contributed by atoms with Gasteiger partial charge >= 0.3 is 0 Å². The van der Waals surface area contributed by atoms with Crippen molar-refractivity contribution < 1.29 is 14.6 Å². The van der Waals surface area contributed by atoms with Gasteiger partial charge in [0, 0.05) is 25.6 Å². The molecule has 0 aromatic heterocycles. The Morgan fingerprint density at radius 3 is 2.60 bits per heavy atom. The molecule has 1 aliphatic carbocycles. The summed E-state index contributed by atoms with van der Waals surface area (Å²) < 4.78 is 10.6. The number of methoxy groups -OCH3 is 1. The number of nitrogens with zero attached hydrogens (tertiary/aromatic N) is 1. The maximum atomic E-state index is 10.3. The molecule has 3 atom stereocenters. The van der Waals surface area contributed by atoms with Crippen LogP contribution >= 0.6 is 0 Å². The van der Waals surface area contributed by atoms with Gasteiger partial charge in [-0.15, -0.1) is 0 Å². The van der Waals surface area contributed by atoms with E-state index in [4.69, 9.17) is 9.47 Å². The number of piperidine rings is 1. The fourth-order valence-electron chi connectivity index (χ4n) is 3.79. The van der Waals surface area contributed by atoms with E-state index in [-0.39, 0.29) is 6.10 Å². The Bertz CT molecular complexity index is 262. The first kappa shape index (κ1) is 16.2. The Kier molecular flexibility index (Phi) is 7.28. The molecule has 2 fully saturated rings. The summed E-state index contributed by atoms with van der Waals surface area (Å²) in [4.78, 5) is 2.56. The molecule has 1 N–H and O–H groups in total. The van der Waals surface area contributed by atoms with Crippen LogP contribution in [0.1, 0.15) is 44.9 Å². The fraction of sp³-hybridized carbons (Fsp3) is 1.00. The van der Waals surface area contributed by atoms with Crippen LogP contribution in [0.15, 0.2) is 0 Å². The van der Waals surface area contributed by atoms with Crippen molar-refractivity contribution in [1.29, 1.82) is 0 Å². The maximum absolute atomic E-state index is 10.3. The average Bonchev–Trinajstić information content (AvgIpc) is 2.48. The third-order valence-corrected chi connectivity index (χ3v) is 4.89. The largest absolute Gasteiger partial charge is 0.393 e. The van der Waals surface area contributed by atoms with E-state index in [2.05, 4.69) is 4.90 Å². The number of rotatable bonds is 7. The zero-order valence-corrected chi connectivity index (χ0v) is 12.9. The minimum atomic E-state index is -0.0799. The Balaban J connectivity index is 1.78. The lowest BCUT2D eigenvalue weighted by Gasteiger charge is -2.43. The van der Waals surface area contributed by atoms with Crippen molar-refractivity contribution in [3.63, 3.8) is 0 Å². The third kappa shape index (κ3) is 4.69. The van der Waals surface area contributed by atoms with Gasteiger partial charge in [0.25, 0.3) is 0 Å². The molecule has 0 aromatic rings. The third-order valence-electron chi connectivity index (χ3n) is 4.89. The van der Waals surface area contributed by atoms with Gasteiger partial charge in [0.15, 0.2) is 0 Å². The van der Waals surface area contributed by atoms with E-state index in [9.17, 15) is 5.11 Å². The molecular formula is C16H31NO3. The average molecular weight is 285 g/mol. The molecule has 0 amide bonds. The summed E-state index contributed by atoms with van der Waals surface area (Å²) in [6, 6.07) is 0.574. The molecule has 0 bridgehead atoms. The van der Waals surface area contributed by atoms with Gasteiger partial charge in [-0.3, -0.25) is 4.90 Å². The number of likely N-dealkylation sites (tertiary alicyclic amines) is 1. The van der Waals surface area contributed by atoms with E-state index < -0.39 is 0 Å². The number of ether oxygens (including phenoxy) is 2. The summed E-state index contributed by atoms with van der Waals surface area (Å²) in [5, 5.41) is 10.3. The van der Waals surface area contributed by atoms with Crippen molar-refractivity contribution in [2.75, 3.05) is 40.0 Å². The number of hydrogen-bond donors (Lipinski definition) is 1. The first-order valence-corrected chi connectivity index (χ1v) is 8.31. The molecule has 0 aromatic carbocycles. The van der Waals surface area contributed by atoms with E-state index >= 15 is 0 Å². The van der Waals surface area contributed by atoms with Crippen molar-refractivity contribution in [1.82, 2.24) is 4.90 Å². The summed E-state index contributed by atoms with van der Waals surface area (Å²) in [5.41, 5.74) is 0. The summed E-state index contributed by atoms with van der Waals surface area (Å²) >= 11 is 0. The predicted molar refractivity (Wildman–Crippen MR) is 79.9 cm³/mol. The molecule has 1 saturated heterocycles. The van der Waals surface area contributed by atoms with Crippen molar-refractivity contribution >= 4 is 0 Å². The van der Waals surface area contributed by atoms with E-state index in [1.54, 1.807) is 7.11 Å². The number of aliphatic hydroxyl groups excluding tert-OH is 1. The van der Waals surface area contributed by atoms with Crippen LogP contribution in [0.4, 0.5) is 0 Å². The molecule has 0 spiro atoms. The van der Waals surface area contributed by atoms with Gasteiger partial charge in [-0.1, -0.05) is 19.3 Å². The summed E-state index contributed by atoms with van der Waals surface area (Å²) in [6.07, 6.45) is 8.46. The van der Waals surface area contributed by atoms with E-state index in [1.165, 1.54) is 45.1 Å². The van der Waals surface area contributed by atoms with E-state index in [0.717, 1.165) is 19.6 Å². The van der Waals surface area contributed by atoms with Crippen molar-refractivity contribution in [2.24, 2.45) is 5.92 Å². The molecule has 1 aliphatic heterocycles. The molecule has 4 nitrogen and oxygen atoms in total. The van der Waals surface area contributed by atoms with Crippen LogP contribution in [-0.4, -0.2) is 62.2 Å². The zero-order chi connectivity index (χ0) is 14.2. The SMILES string of the molecule is COCCOCCN1CCCCC1C1CCCCC1O. The van der Waals surface area contributed by atoms with Crippen LogP contribution in [-0.2, 0) is 9.47 Å². The van der Waals surface area contributed by atoms with Crippen LogP contribution < -0.4 is 0 Å². The highest BCUT2D eigenvalue weighted by molar-refractivity contribution is 4.88. The van der Waals surface area contributed by atoms with Crippen molar-refractivity contribution in [3.8, 4) is 0 Å². The van der Waals surface area contributed by atoms with Crippen LogP contribution in [0.3, 0.4) is 0 Å². The van der Waals surface area contributed by atoms with E-state index in [1.807, 2.05) is 0 Å². The molecule has 2 aliphatic rings. The van der Waals surface area contributed by atoms with Crippen LogP contribution in [0.25, 0.3) is 0 Å². The highest BCUT2D eigenvalue weighted by Crippen LogP contribution is 2.33. The Labute approximate surface area is 123 Å². The van der Waals surface area contributed by atoms with Gasteiger partial charge in [0.2, 0.25) is 0 Å². The molecule has 2 rings (SSSR count). The fourth-order valence-corrected chi connectivity index (χ4v) is 3.79. The minimum absolute atomic E-state index is 0.0799. The minimum Gasteiger partial charge on any atom is -0.393 e. The van der Waals surface area contributed by atoms with Gasteiger partial charge in [-0.2, -0.15) is 0 Å². The Morgan fingerprint density at radius 1 is 1.00 bits per heavy atom. The van der Waals surface area contributed by atoms with Gasteiger partial charge in [0.1, 0.15) is 0 Å². The first-order chi connectivity index (χ1) is 9.83. The van der Waals surface area contributed by atoms with Crippen molar-refractivity contribution in [3.05, 3.63) is 0 Å². The second kappa shape index (κ2) is 8.98. The molecule has 118 valence electrons. The Hall–Kier alpha value is -0.160. The highest BCUT2D eigenvalue weighted by atomic mass is 16.5. The highest BCUT2D eigenvalue weighted by Gasteiger charge is 2.35. The van der Waals surface area contributed by atoms with Crippen LogP contribution in [0.2, 0.25) is 0 Å².